The van der Waals surface area contributed by atoms with Crippen LogP contribution in [0.15, 0.2) is 53.4 Å². The Morgan fingerprint density at radius 1 is 1.04 bits per heavy atom. The standard InChI is InChI=1S/C21H25NO3S/c1-2-24-18-12-6-7-13-19(18)25-15-21(23)22-17-11-5-8-14-20(17)26-16-9-3-4-10-16/h5-8,11-14,16H,2-4,9-10,15H2,1H3,(H,22,23). The Kier molecular flexibility index (Phi) is 6.83. The summed E-state index contributed by atoms with van der Waals surface area (Å²) in [5.74, 6) is 1.06. The van der Waals surface area contributed by atoms with Gasteiger partial charge in [-0.15, -0.1) is 11.8 Å². The van der Waals surface area contributed by atoms with E-state index in [4.69, 9.17) is 9.47 Å². The van der Waals surface area contributed by atoms with Crippen molar-refractivity contribution in [2.45, 2.75) is 42.8 Å². The Morgan fingerprint density at radius 3 is 2.42 bits per heavy atom. The summed E-state index contributed by atoms with van der Waals surface area (Å²) < 4.78 is 11.2. The molecule has 0 radical (unpaired) electrons. The number of carbonyl (C=O) groups excluding carboxylic acids is 1. The molecule has 2 aromatic rings. The van der Waals surface area contributed by atoms with Crippen LogP contribution in [-0.2, 0) is 4.79 Å². The molecule has 4 nitrogen and oxygen atoms in total. The Bertz CT molecular complexity index is 729. The number of amides is 1. The van der Waals surface area contributed by atoms with Gasteiger partial charge in [0, 0.05) is 10.1 Å². The van der Waals surface area contributed by atoms with Crippen molar-refractivity contribution in [3.05, 3.63) is 48.5 Å². The number of hydrogen-bond acceptors (Lipinski definition) is 4. The number of anilines is 1. The van der Waals surface area contributed by atoms with Crippen molar-refractivity contribution in [2.24, 2.45) is 0 Å². The quantitative estimate of drug-likeness (QED) is 0.698. The molecule has 1 aliphatic carbocycles. The maximum Gasteiger partial charge on any atom is 0.262 e. The third-order valence-corrected chi connectivity index (χ3v) is 5.68. The zero-order valence-electron chi connectivity index (χ0n) is 15.1. The number of benzene rings is 2. The monoisotopic (exact) mass is 371 g/mol. The minimum Gasteiger partial charge on any atom is -0.490 e. The highest BCUT2D eigenvalue weighted by molar-refractivity contribution is 8.00. The smallest absolute Gasteiger partial charge is 0.262 e. The van der Waals surface area contributed by atoms with Crippen LogP contribution in [0.4, 0.5) is 5.69 Å². The van der Waals surface area contributed by atoms with Crippen molar-refractivity contribution in [1.82, 2.24) is 0 Å². The van der Waals surface area contributed by atoms with Crippen LogP contribution in [0.1, 0.15) is 32.6 Å². The van der Waals surface area contributed by atoms with E-state index in [2.05, 4.69) is 11.4 Å². The average Bonchev–Trinajstić information content (AvgIpc) is 3.16. The van der Waals surface area contributed by atoms with Gasteiger partial charge in [0.2, 0.25) is 0 Å². The fraction of sp³-hybridized carbons (Fsp3) is 0.381. The zero-order chi connectivity index (χ0) is 18.2. The number of rotatable bonds is 8. The highest BCUT2D eigenvalue weighted by Gasteiger charge is 2.18. The van der Waals surface area contributed by atoms with E-state index < -0.39 is 0 Å². The zero-order valence-corrected chi connectivity index (χ0v) is 15.9. The molecule has 1 saturated carbocycles. The van der Waals surface area contributed by atoms with E-state index in [1.165, 1.54) is 25.7 Å². The molecule has 0 heterocycles. The van der Waals surface area contributed by atoms with Crippen molar-refractivity contribution in [1.29, 1.82) is 0 Å². The first kappa shape index (κ1) is 18.6. The fourth-order valence-electron chi connectivity index (χ4n) is 3.03. The van der Waals surface area contributed by atoms with Crippen LogP contribution in [0.5, 0.6) is 11.5 Å². The molecule has 0 bridgehead atoms. The van der Waals surface area contributed by atoms with E-state index in [0.717, 1.165) is 10.6 Å². The first-order valence-corrected chi connectivity index (χ1v) is 10.0. The first-order chi connectivity index (χ1) is 12.8. The summed E-state index contributed by atoms with van der Waals surface area (Å²) in [6.07, 6.45) is 5.12. The van der Waals surface area contributed by atoms with Crippen LogP contribution >= 0.6 is 11.8 Å². The molecule has 1 amide bonds. The fourth-order valence-corrected chi connectivity index (χ4v) is 4.36. The Balaban J connectivity index is 1.58. The van der Waals surface area contributed by atoms with E-state index in [9.17, 15) is 4.79 Å². The molecule has 0 aromatic heterocycles. The molecular formula is C21H25NO3S. The third-order valence-electron chi connectivity index (χ3n) is 4.26. The third kappa shape index (κ3) is 5.18. The van der Waals surface area contributed by atoms with Gasteiger partial charge in [-0.05, 0) is 44.0 Å². The number of thioether (sulfide) groups is 1. The molecule has 1 N–H and O–H groups in total. The topological polar surface area (TPSA) is 47.6 Å². The Morgan fingerprint density at radius 2 is 1.69 bits per heavy atom. The van der Waals surface area contributed by atoms with E-state index >= 15 is 0 Å². The lowest BCUT2D eigenvalue weighted by Gasteiger charge is -2.15. The van der Waals surface area contributed by atoms with E-state index in [0.29, 0.717) is 23.4 Å². The van der Waals surface area contributed by atoms with Crippen LogP contribution in [0, 0.1) is 0 Å². The molecule has 1 fully saturated rings. The maximum absolute atomic E-state index is 12.4. The lowest BCUT2D eigenvalue weighted by atomic mass is 10.3. The SMILES string of the molecule is CCOc1ccccc1OCC(=O)Nc1ccccc1SC1CCCC1. The van der Waals surface area contributed by atoms with Gasteiger partial charge >= 0.3 is 0 Å². The second-order valence-corrected chi connectivity index (χ2v) is 7.58. The molecule has 0 atom stereocenters. The van der Waals surface area contributed by atoms with Gasteiger partial charge in [0.05, 0.1) is 12.3 Å². The number of hydrogen-bond donors (Lipinski definition) is 1. The lowest BCUT2D eigenvalue weighted by Crippen LogP contribution is -2.20. The summed E-state index contributed by atoms with van der Waals surface area (Å²) in [5, 5.41) is 3.64. The highest BCUT2D eigenvalue weighted by Crippen LogP contribution is 2.38. The molecule has 0 saturated heterocycles. The lowest BCUT2D eigenvalue weighted by molar-refractivity contribution is -0.118. The van der Waals surface area contributed by atoms with Gasteiger partial charge in [0.15, 0.2) is 18.1 Å². The van der Waals surface area contributed by atoms with Crippen LogP contribution in [0.25, 0.3) is 0 Å². The highest BCUT2D eigenvalue weighted by atomic mass is 32.2. The van der Waals surface area contributed by atoms with Crippen LogP contribution in [0.2, 0.25) is 0 Å². The maximum atomic E-state index is 12.4. The van der Waals surface area contributed by atoms with Gasteiger partial charge in [-0.3, -0.25) is 4.79 Å². The largest absolute Gasteiger partial charge is 0.490 e. The normalized spacial score (nSPS) is 14.2. The van der Waals surface area contributed by atoms with Crippen molar-refractivity contribution in [3.63, 3.8) is 0 Å². The molecule has 1 aliphatic rings. The van der Waals surface area contributed by atoms with Gasteiger partial charge in [-0.25, -0.2) is 0 Å². The number of nitrogens with one attached hydrogen (secondary N) is 1. The minimum atomic E-state index is -0.171. The van der Waals surface area contributed by atoms with Crippen molar-refractivity contribution in [2.75, 3.05) is 18.5 Å². The summed E-state index contributed by atoms with van der Waals surface area (Å²) in [6.45, 7) is 2.42. The van der Waals surface area contributed by atoms with E-state index in [1.54, 1.807) is 0 Å². The molecule has 0 aliphatic heterocycles. The second kappa shape index (κ2) is 9.53. The summed E-state index contributed by atoms with van der Waals surface area (Å²) in [7, 11) is 0. The van der Waals surface area contributed by atoms with Gasteiger partial charge in [0.25, 0.3) is 5.91 Å². The van der Waals surface area contributed by atoms with E-state index in [-0.39, 0.29) is 12.5 Å². The van der Waals surface area contributed by atoms with Crippen molar-refractivity contribution in [3.8, 4) is 11.5 Å². The molecule has 0 unspecified atom stereocenters. The average molecular weight is 372 g/mol. The Labute approximate surface area is 159 Å². The van der Waals surface area contributed by atoms with Crippen LogP contribution < -0.4 is 14.8 Å². The number of para-hydroxylation sites is 3. The van der Waals surface area contributed by atoms with Crippen molar-refractivity contribution < 1.29 is 14.3 Å². The summed E-state index contributed by atoms with van der Waals surface area (Å²) in [5.41, 5.74) is 0.857. The van der Waals surface area contributed by atoms with Gasteiger partial charge in [-0.1, -0.05) is 37.1 Å². The minimum absolute atomic E-state index is 0.0491. The predicted octanol–water partition coefficient (Wildman–Crippen LogP) is 5.14. The van der Waals surface area contributed by atoms with E-state index in [1.807, 2.05) is 61.2 Å². The molecule has 26 heavy (non-hydrogen) atoms. The molecular weight excluding hydrogens is 346 g/mol. The van der Waals surface area contributed by atoms with Crippen LogP contribution in [0.3, 0.4) is 0 Å². The number of ether oxygens (including phenoxy) is 2. The van der Waals surface area contributed by atoms with Gasteiger partial charge < -0.3 is 14.8 Å². The molecule has 3 rings (SSSR count). The van der Waals surface area contributed by atoms with Gasteiger partial charge in [0.1, 0.15) is 0 Å². The summed E-state index contributed by atoms with van der Waals surface area (Å²) in [6, 6.07) is 15.4. The Hall–Kier alpha value is -2.14. The summed E-state index contributed by atoms with van der Waals surface area (Å²) in [4.78, 5) is 13.5. The summed E-state index contributed by atoms with van der Waals surface area (Å²) >= 11 is 1.87. The second-order valence-electron chi connectivity index (χ2n) is 6.24. The number of carbonyl (C=O) groups is 1. The van der Waals surface area contributed by atoms with Crippen molar-refractivity contribution >= 4 is 23.4 Å². The molecule has 0 spiro atoms. The molecule has 138 valence electrons. The predicted molar refractivity (Wildman–Crippen MR) is 106 cm³/mol. The van der Waals surface area contributed by atoms with Crippen LogP contribution in [-0.4, -0.2) is 24.4 Å². The first-order valence-electron chi connectivity index (χ1n) is 9.16. The van der Waals surface area contributed by atoms with Gasteiger partial charge in [-0.2, -0.15) is 0 Å². The molecule has 5 heteroatoms. The molecule has 2 aromatic carbocycles.